The molecule has 0 aromatic heterocycles. The third-order valence-electron chi connectivity index (χ3n) is 8.11. The van der Waals surface area contributed by atoms with Gasteiger partial charge in [-0.3, -0.25) is 0 Å². The molecule has 2 atom stereocenters. The summed E-state index contributed by atoms with van der Waals surface area (Å²) in [7, 11) is -1.57. The van der Waals surface area contributed by atoms with E-state index in [9.17, 15) is 9.46 Å². The molecule has 210 valence electrons. The molecule has 1 heterocycles. The van der Waals surface area contributed by atoms with Crippen LogP contribution in [0.25, 0.3) is 0 Å². The topological polar surface area (TPSA) is 61.8 Å². The Morgan fingerprint density at radius 3 is 2.38 bits per heavy atom. The van der Waals surface area contributed by atoms with Crippen molar-refractivity contribution in [3.8, 4) is 11.5 Å². The SMILES string of the molecule is COc1ccc(CCCC(C)(C)C)c(N2CCC(COc3cccc([C@@H](CP(C)(=O)[O-])C4CC4)c3)CC2)c1.[K+]. The molecule has 1 aliphatic carbocycles. The molecule has 1 saturated heterocycles. The summed E-state index contributed by atoms with van der Waals surface area (Å²) in [5.74, 6) is 2.89. The van der Waals surface area contributed by atoms with Crippen LogP contribution < -0.4 is 70.7 Å². The van der Waals surface area contributed by atoms with Crippen molar-refractivity contribution in [2.75, 3.05) is 44.5 Å². The number of anilines is 1. The fourth-order valence-electron chi connectivity index (χ4n) is 5.76. The van der Waals surface area contributed by atoms with Gasteiger partial charge in [-0.15, -0.1) is 0 Å². The summed E-state index contributed by atoms with van der Waals surface area (Å²) in [6, 6.07) is 14.7. The smallest absolute Gasteiger partial charge is 0.799 e. The Bertz CT molecular complexity index is 1100. The van der Waals surface area contributed by atoms with Crippen LogP contribution in [0.3, 0.4) is 0 Å². The molecule has 5 nitrogen and oxygen atoms in total. The van der Waals surface area contributed by atoms with Crippen LogP contribution in [0, 0.1) is 17.3 Å². The summed E-state index contributed by atoms with van der Waals surface area (Å²) < 4.78 is 23.9. The van der Waals surface area contributed by atoms with E-state index in [4.69, 9.17) is 9.47 Å². The summed E-state index contributed by atoms with van der Waals surface area (Å²) in [4.78, 5) is 14.6. The van der Waals surface area contributed by atoms with E-state index in [0.29, 0.717) is 23.9 Å². The first-order chi connectivity index (χ1) is 18.0. The van der Waals surface area contributed by atoms with E-state index in [1.165, 1.54) is 30.8 Å². The number of nitrogens with zero attached hydrogens (tertiary/aromatic N) is 1. The van der Waals surface area contributed by atoms with Crippen LogP contribution in [0.5, 0.6) is 11.5 Å². The number of methoxy groups -OCH3 is 1. The predicted octanol–water partition coefficient (Wildman–Crippen LogP) is 4.13. The number of benzene rings is 2. The molecule has 0 radical (unpaired) electrons. The second kappa shape index (κ2) is 14.7. The largest absolute Gasteiger partial charge is 1.00 e. The van der Waals surface area contributed by atoms with E-state index in [2.05, 4.69) is 56.0 Å². The molecule has 0 bridgehead atoms. The van der Waals surface area contributed by atoms with E-state index in [0.717, 1.165) is 62.3 Å². The molecule has 1 saturated carbocycles. The monoisotopic (exact) mass is 579 g/mol. The van der Waals surface area contributed by atoms with Crippen molar-refractivity contribution in [3.63, 3.8) is 0 Å². The van der Waals surface area contributed by atoms with Gasteiger partial charge in [-0.25, -0.2) is 0 Å². The van der Waals surface area contributed by atoms with E-state index in [1.807, 2.05) is 12.1 Å². The summed E-state index contributed by atoms with van der Waals surface area (Å²) in [5, 5.41) is 0. The molecular weight excluding hydrogens is 532 g/mol. The van der Waals surface area contributed by atoms with E-state index in [1.54, 1.807) is 7.11 Å². The van der Waals surface area contributed by atoms with Gasteiger partial charge in [-0.1, -0.05) is 39.0 Å². The zero-order valence-corrected chi connectivity index (χ0v) is 29.1. The third kappa shape index (κ3) is 10.8. The minimum absolute atomic E-state index is 0. The second-order valence-corrected chi connectivity index (χ2v) is 15.3. The summed E-state index contributed by atoms with van der Waals surface area (Å²) in [6.07, 6.45) is 8.20. The molecule has 1 aliphatic heterocycles. The van der Waals surface area contributed by atoms with Crippen LogP contribution in [0.2, 0.25) is 0 Å². The molecule has 2 aromatic carbocycles. The van der Waals surface area contributed by atoms with Crippen LogP contribution >= 0.6 is 7.37 Å². The number of aryl methyl sites for hydroxylation is 1. The first kappa shape index (κ1) is 33.2. The molecule has 1 unspecified atom stereocenters. The minimum Gasteiger partial charge on any atom is -0.799 e. The molecule has 4 rings (SSSR count). The van der Waals surface area contributed by atoms with Gasteiger partial charge in [0.2, 0.25) is 0 Å². The van der Waals surface area contributed by atoms with E-state index >= 15 is 0 Å². The normalized spacial score (nSPS) is 18.7. The van der Waals surface area contributed by atoms with Gasteiger partial charge in [0, 0.05) is 32.2 Å². The Balaban J connectivity index is 0.00000420. The fraction of sp³-hybridized carbons (Fsp3) is 0.625. The van der Waals surface area contributed by atoms with Gasteiger partial charge in [0.25, 0.3) is 0 Å². The van der Waals surface area contributed by atoms with Gasteiger partial charge >= 0.3 is 51.4 Å². The molecule has 39 heavy (non-hydrogen) atoms. The third-order valence-corrected chi connectivity index (χ3v) is 9.17. The standard InChI is InChI=1S/C32H48NO4P.K/c1-32(2,3)17-7-9-26-13-14-28(36-4)21-31(26)33-18-15-24(16-19-33)22-37-29-10-6-8-27(20-29)30(25-11-12-25)23-38(5,34)35;/h6,8,10,13-14,20-21,24-25,30H,7,9,11-12,15-19,22-23H2,1-5H3,(H,34,35);/q;+1/p-1/t30-;/m0./s1. The van der Waals surface area contributed by atoms with Gasteiger partial charge in [-0.2, -0.15) is 0 Å². The first-order valence-electron chi connectivity index (χ1n) is 14.4. The van der Waals surface area contributed by atoms with Crippen molar-refractivity contribution < 1.29 is 70.3 Å². The van der Waals surface area contributed by atoms with Crippen molar-refractivity contribution in [2.45, 2.75) is 71.6 Å². The van der Waals surface area contributed by atoms with Gasteiger partial charge in [0.1, 0.15) is 11.5 Å². The van der Waals surface area contributed by atoms with Crippen molar-refractivity contribution >= 4 is 13.1 Å². The van der Waals surface area contributed by atoms with Crippen LogP contribution in [0.1, 0.15) is 76.3 Å². The number of hydrogen-bond acceptors (Lipinski definition) is 5. The maximum atomic E-state index is 12.0. The first-order valence-corrected chi connectivity index (χ1v) is 16.7. The molecule has 0 amide bonds. The zero-order chi connectivity index (χ0) is 27.3. The predicted molar refractivity (Wildman–Crippen MR) is 156 cm³/mol. The Labute approximate surface area is 279 Å². The quantitative estimate of drug-likeness (QED) is 0.280. The number of piperidine rings is 1. The summed E-state index contributed by atoms with van der Waals surface area (Å²) in [5.41, 5.74) is 4.21. The molecule has 2 aliphatic rings. The Hall–Kier alpha value is -0.334. The Kier molecular flexibility index (Phi) is 12.5. The van der Waals surface area contributed by atoms with Gasteiger partial charge in [0.05, 0.1) is 13.7 Å². The second-order valence-electron chi connectivity index (χ2n) is 12.9. The van der Waals surface area contributed by atoms with Gasteiger partial charge < -0.3 is 23.8 Å². The summed E-state index contributed by atoms with van der Waals surface area (Å²) in [6.45, 7) is 11.1. The molecular formula is C32H47KNO4P. The van der Waals surface area contributed by atoms with Crippen molar-refractivity contribution in [2.24, 2.45) is 17.3 Å². The number of rotatable bonds is 12. The fourth-order valence-corrected chi connectivity index (χ4v) is 6.98. The van der Waals surface area contributed by atoms with E-state index in [-0.39, 0.29) is 63.5 Å². The summed E-state index contributed by atoms with van der Waals surface area (Å²) >= 11 is 0. The van der Waals surface area contributed by atoms with Crippen LogP contribution in [-0.2, 0) is 11.0 Å². The Morgan fingerprint density at radius 2 is 1.77 bits per heavy atom. The average molecular weight is 580 g/mol. The molecule has 2 fully saturated rings. The van der Waals surface area contributed by atoms with Crippen LogP contribution in [0.15, 0.2) is 42.5 Å². The zero-order valence-electron chi connectivity index (χ0n) is 25.1. The number of ether oxygens (including phenoxy) is 2. The maximum Gasteiger partial charge on any atom is 1.00 e. The van der Waals surface area contributed by atoms with Crippen molar-refractivity contribution in [1.29, 1.82) is 0 Å². The van der Waals surface area contributed by atoms with E-state index < -0.39 is 7.37 Å². The molecule has 2 aromatic rings. The minimum atomic E-state index is -3.31. The van der Waals surface area contributed by atoms with Crippen molar-refractivity contribution in [3.05, 3.63) is 53.6 Å². The number of hydrogen-bond donors (Lipinski definition) is 0. The van der Waals surface area contributed by atoms with Crippen LogP contribution in [0.4, 0.5) is 5.69 Å². The Morgan fingerprint density at radius 1 is 1.05 bits per heavy atom. The van der Waals surface area contributed by atoms with Crippen LogP contribution in [-0.4, -0.2) is 39.6 Å². The average Bonchev–Trinajstić information content (AvgIpc) is 3.71. The molecule has 7 heteroatoms. The van der Waals surface area contributed by atoms with Crippen molar-refractivity contribution in [1.82, 2.24) is 0 Å². The maximum absolute atomic E-state index is 12.0. The molecule has 0 N–H and O–H groups in total. The van der Waals surface area contributed by atoms with Gasteiger partial charge in [-0.05, 0) is 110 Å². The molecule has 0 spiro atoms. The van der Waals surface area contributed by atoms with Gasteiger partial charge in [0.15, 0.2) is 0 Å².